The zero-order valence-corrected chi connectivity index (χ0v) is 21.8. The summed E-state index contributed by atoms with van der Waals surface area (Å²) >= 11 is 5.33. The van der Waals surface area contributed by atoms with Crippen LogP contribution in [0.2, 0.25) is 0 Å². The van der Waals surface area contributed by atoms with E-state index in [-0.39, 0.29) is 16.5 Å². The lowest BCUT2D eigenvalue weighted by atomic mass is 10.0. The van der Waals surface area contributed by atoms with E-state index in [2.05, 4.69) is 20.5 Å². The molecule has 3 atom stereocenters. The lowest BCUT2D eigenvalue weighted by molar-refractivity contribution is -0.150. The van der Waals surface area contributed by atoms with E-state index in [4.69, 9.17) is 11.5 Å². The molecular weight excluding hydrogens is 547 g/mol. The number of thiazole rings is 1. The van der Waals surface area contributed by atoms with E-state index >= 15 is 0 Å². The number of rotatable bonds is 11. The van der Waals surface area contributed by atoms with Gasteiger partial charge in [0.1, 0.15) is 17.1 Å². The molecule has 12 nitrogen and oxygen atoms in total. The van der Waals surface area contributed by atoms with Crippen LogP contribution in [0.5, 0.6) is 0 Å². The third-order valence-electron chi connectivity index (χ3n) is 5.22. The summed E-state index contributed by atoms with van der Waals surface area (Å²) in [4.78, 5) is 59.7. The van der Waals surface area contributed by atoms with E-state index in [9.17, 15) is 24.4 Å². The highest BCUT2D eigenvalue weighted by Crippen LogP contribution is 2.46. The second-order valence-electron chi connectivity index (χ2n) is 7.52. The van der Waals surface area contributed by atoms with Crippen molar-refractivity contribution < 1.29 is 19.5 Å². The van der Waals surface area contributed by atoms with Crippen molar-refractivity contribution in [2.45, 2.75) is 28.1 Å². The fraction of sp³-hybridized carbons (Fsp3) is 0.350. The Labute approximate surface area is 222 Å². The Balaban J connectivity index is 1.51. The number of anilines is 1. The van der Waals surface area contributed by atoms with Crippen LogP contribution in [-0.4, -0.2) is 67.2 Å². The first-order chi connectivity index (χ1) is 17.3. The SMILES string of the molecule is NCCSCc1cnccc1SC1=C(C(=O)O)N2C(=O)[C@@H](NC(=O)C(N=O)c3csc(N)n3)[C@@H]2SC1. The van der Waals surface area contributed by atoms with Gasteiger partial charge in [-0.2, -0.15) is 11.8 Å². The monoisotopic (exact) mass is 567 g/mol. The number of β-lactam (4-membered cyclic amide) rings is 1. The van der Waals surface area contributed by atoms with Gasteiger partial charge in [-0.3, -0.25) is 19.5 Å². The maximum atomic E-state index is 13.0. The molecule has 0 aliphatic carbocycles. The number of nitroso groups, excluding NO2 is 1. The Morgan fingerprint density at radius 3 is 2.89 bits per heavy atom. The van der Waals surface area contributed by atoms with Gasteiger partial charge in [0.15, 0.2) is 5.13 Å². The molecule has 4 rings (SSSR count). The summed E-state index contributed by atoms with van der Waals surface area (Å²) in [6.07, 6.45) is 3.37. The number of pyridine rings is 1. The molecule has 0 saturated carbocycles. The predicted molar refractivity (Wildman–Crippen MR) is 140 cm³/mol. The lowest BCUT2D eigenvalue weighted by Gasteiger charge is -2.49. The topological polar surface area (TPSA) is 194 Å². The number of carbonyl (C=O) groups excluding carboxylic acids is 2. The number of carboxylic acids is 1. The number of aliphatic carboxylic acids is 1. The summed E-state index contributed by atoms with van der Waals surface area (Å²) in [5.41, 5.74) is 12.1. The van der Waals surface area contributed by atoms with E-state index in [0.29, 0.717) is 23.0 Å². The molecule has 36 heavy (non-hydrogen) atoms. The molecule has 4 heterocycles. The van der Waals surface area contributed by atoms with Crippen molar-refractivity contribution in [2.24, 2.45) is 10.9 Å². The molecule has 2 aliphatic rings. The minimum atomic E-state index is -1.46. The van der Waals surface area contributed by atoms with Crippen molar-refractivity contribution >= 4 is 69.5 Å². The van der Waals surface area contributed by atoms with Gasteiger partial charge >= 0.3 is 5.97 Å². The largest absolute Gasteiger partial charge is 0.477 e. The summed E-state index contributed by atoms with van der Waals surface area (Å²) < 4.78 is 0. The highest BCUT2D eigenvalue weighted by molar-refractivity contribution is 8.06. The first-order valence-corrected chi connectivity index (χ1v) is 14.4. The van der Waals surface area contributed by atoms with Crippen LogP contribution in [0.1, 0.15) is 17.3 Å². The maximum Gasteiger partial charge on any atom is 0.353 e. The van der Waals surface area contributed by atoms with Gasteiger partial charge in [0.05, 0.1) is 5.69 Å². The second kappa shape index (κ2) is 11.6. The van der Waals surface area contributed by atoms with Gasteiger partial charge in [0.2, 0.25) is 6.04 Å². The Hall–Kier alpha value is -2.66. The van der Waals surface area contributed by atoms with Gasteiger partial charge in [-0.15, -0.1) is 28.0 Å². The van der Waals surface area contributed by atoms with Crippen molar-refractivity contribution in [3.63, 3.8) is 0 Å². The van der Waals surface area contributed by atoms with Gasteiger partial charge in [0, 0.05) is 51.4 Å². The molecule has 6 N–H and O–H groups in total. The number of carbonyl (C=O) groups is 3. The fourth-order valence-electron chi connectivity index (χ4n) is 3.58. The number of amides is 2. The van der Waals surface area contributed by atoms with Gasteiger partial charge in [-0.1, -0.05) is 11.8 Å². The number of hydrogen-bond acceptors (Lipinski definition) is 13. The number of nitrogens with zero attached hydrogens (tertiary/aromatic N) is 4. The maximum absolute atomic E-state index is 13.0. The number of nitrogens with one attached hydrogen (secondary N) is 1. The van der Waals surface area contributed by atoms with Crippen LogP contribution >= 0.6 is 46.6 Å². The number of thioether (sulfide) groups is 3. The van der Waals surface area contributed by atoms with E-state index in [1.165, 1.54) is 33.8 Å². The molecule has 2 aromatic heterocycles. The first kappa shape index (κ1) is 26.4. The van der Waals surface area contributed by atoms with Crippen LogP contribution in [0.25, 0.3) is 0 Å². The fourth-order valence-corrected chi connectivity index (χ4v) is 7.58. The Bertz CT molecular complexity index is 1220. The number of nitrogens with two attached hydrogens (primary N) is 2. The summed E-state index contributed by atoms with van der Waals surface area (Å²) in [7, 11) is 0. The highest BCUT2D eigenvalue weighted by atomic mass is 32.2. The van der Waals surface area contributed by atoms with Gasteiger partial charge < -0.3 is 21.9 Å². The zero-order chi connectivity index (χ0) is 25.8. The second-order valence-corrected chi connectivity index (χ2v) is 11.8. The van der Waals surface area contributed by atoms with Crippen molar-refractivity contribution in [1.29, 1.82) is 0 Å². The van der Waals surface area contributed by atoms with E-state index in [0.717, 1.165) is 27.5 Å². The highest BCUT2D eigenvalue weighted by Gasteiger charge is 2.54. The summed E-state index contributed by atoms with van der Waals surface area (Å²) in [5.74, 6) is -0.835. The molecule has 0 spiro atoms. The van der Waals surface area contributed by atoms with Gasteiger partial charge in [-0.05, 0) is 16.8 Å². The van der Waals surface area contributed by atoms with Gasteiger partial charge in [-0.25, -0.2) is 9.78 Å². The van der Waals surface area contributed by atoms with Crippen LogP contribution in [0, 0.1) is 4.91 Å². The van der Waals surface area contributed by atoms with Crippen LogP contribution in [0.15, 0.2) is 44.5 Å². The predicted octanol–water partition coefficient (Wildman–Crippen LogP) is 1.61. The molecule has 16 heteroatoms. The summed E-state index contributed by atoms with van der Waals surface area (Å²) in [6.45, 7) is 0.552. The van der Waals surface area contributed by atoms with E-state index in [1.54, 1.807) is 24.2 Å². The van der Waals surface area contributed by atoms with E-state index < -0.39 is 35.2 Å². The average Bonchev–Trinajstić information content (AvgIpc) is 3.29. The van der Waals surface area contributed by atoms with Gasteiger partial charge in [0.25, 0.3) is 11.8 Å². The van der Waals surface area contributed by atoms with Crippen molar-refractivity contribution in [2.75, 3.05) is 23.8 Å². The number of nitrogen functional groups attached to an aromatic ring is 1. The van der Waals surface area contributed by atoms with Crippen LogP contribution in [0.4, 0.5) is 5.13 Å². The number of hydrogen-bond donors (Lipinski definition) is 4. The Kier molecular flexibility index (Phi) is 8.50. The van der Waals surface area contributed by atoms with Crippen LogP contribution < -0.4 is 16.8 Å². The zero-order valence-electron chi connectivity index (χ0n) is 18.5. The van der Waals surface area contributed by atoms with E-state index in [1.807, 2.05) is 6.07 Å². The average molecular weight is 568 g/mol. The van der Waals surface area contributed by atoms with Crippen molar-refractivity contribution in [3.8, 4) is 0 Å². The first-order valence-electron chi connectivity index (χ1n) is 10.5. The standard InChI is InChI=1S/C20H21N7O5S4/c21-2-4-33-6-9-5-23-3-1-11(9)36-12-8-34-18-14(17(29)27(18)15(12)19(30)31)25-16(28)13(26-32)10-7-35-20(22)24-10/h1,3,5,7,13-14,18H,2,4,6,8,21H2,(H2,22,24)(H,25,28)(H,30,31)/t13?,14-,18+/m1/s1. The number of fused-ring (bicyclic) bond motifs is 1. The van der Waals surface area contributed by atoms with Crippen LogP contribution in [-0.2, 0) is 20.1 Å². The minimum Gasteiger partial charge on any atom is -0.477 e. The molecule has 0 radical (unpaired) electrons. The molecule has 1 fully saturated rings. The smallest absolute Gasteiger partial charge is 0.353 e. The Morgan fingerprint density at radius 1 is 1.42 bits per heavy atom. The summed E-state index contributed by atoms with van der Waals surface area (Å²) in [6, 6.07) is -0.644. The third kappa shape index (κ3) is 5.36. The molecular formula is C20H21N7O5S4. The molecule has 2 aliphatic heterocycles. The quantitative estimate of drug-likeness (QED) is 0.174. The molecule has 190 valence electrons. The molecule has 2 amide bonds. The molecule has 2 aromatic rings. The van der Waals surface area contributed by atoms with Crippen molar-refractivity contribution in [1.82, 2.24) is 20.2 Å². The summed E-state index contributed by atoms with van der Waals surface area (Å²) in [5, 5.41) is 16.3. The molecule has 1 unspecified atom stereocenters. The van der Waals surface area contributed by atoms with Crippen LogP contribution in [0.3, 0.4) is 0 Å². The van der Waals surface area contributed by atoms with Crippen molar-refractivity contribution in [3.05, 3.63) is 50.6 Å². The molecule has 0 bridgehead atoms. The lowest BCUT2D eigenvalue weighted by Crippen LogP contribution is -2.70. The normalized spacial score (nSPS) is 19.9. The molecule has 0 aromatic carbocycles. The Morgan fingerprint density at radius 2 is 2.22 bits per heavy atom. The number of carboxylic acid groups (broad SMARTS) is 1. The minimum absolute atomic E-state index is 0.0903. The number of aromatic nitrogens is 2. The third-order valence-corrected chi connectivity index (χ3v) is 9.62. The molecule has 1 saturated heterocycles.